The Morgan fingerprint density at radius 3 is 2.44 bits per heavy atom. The molecular formula is C21H27N3O3. The predicted molar refractivity (Wildman–Crippen MR) is 107 cm³/mol. The molecule has 0 bridgehead atoms. The number of carbonyl (C=O) groups is 2. The summed E-state index contributed by atoms with van der Waals surface area (Å²) in [5.74, 6) is -0.411. The number of unbranched alkanes of at least 4 members (excludes halogenated alkanes) is 3. The lowest BCUT2D eigenvalue weighted by Crippen LogP contribution is -2.27. The third-order valence-corrected chi connectivity index (χ3v) is 4.19. The van der Waals surface area contributed by atoms with Gasteiger partial charge in [-0.1, -0.05) is 32.3 Å². The topological polar surface area (TPSA) is 80.2 Å². The lowest BCUT2D eigenvalue weighted by molar-refractivity contribution is -0.116. The molecule has 1 aromatic heterocycles. The fraction of sp³-hybridized carbons (Fsp3) is 0.381. The van der Waals surface area contributed by atoms with Crippen molar-refractivity contribution in [1.29, 1.82) is 0 Å². The molecule has 2 N–H and O–H groups in total. The molecule has 0 atom stereocenters. The average Bonchev–Trinajstić information content (AvgIpc) is 2.65. The maximum Gasteiger partial charge on any atom is 0.251 e. The first-order valence-electron chi connectivity index (χ1n) is 9.35. The molecule has 1 heterocycles. The van der Waals surface area contributed by atoms with E-state index in [1.165, 1.54) is 23.5 Å². The molecule has 27 heavy (non-hydrogen) atoms. The van der Waals surface area contributed by atoms with Crippen LogP contribution < -0.4 is 16.2 Å². The smallest absolute Gasteiger partial charge is 0.251 e. The van der Waals surface area contributed by atoms with Gasteiger partial charge in [-0.25, -0.2) is 0 Å². The van der Waals surface area contributed by atoms with E-state index >= 15 is 0 Å². The van der Waals surface area contributed by atoms with Gasteiger partial charge < -0.3 is 15.2 Å². The predicted octanol–water partition coefficient (Wildman–Crippen LogP) is 3.11. The normalized spacial score (nSPS) is 10.4. The second-order valence-corrected chi connectivity index (χ2v) is 6.61. The second kappa shape index (κ2) is 10.3. The minimum atomic E-state index is -0.296. The van der Waals surface area contributed by atoms with Crippen molar-refractivity contribution in [1.82, 2.24) is 9.88 Å². The van der Waals surface area contributed by atoms with Gasteiger partial charge in [0.15, 0.2) is 0 Å². The molecule has 0 fully saturated rings. The van der Waals surface area contributed by atoms with Crippen molar-refractivity contribution in [3.63, 3.8) is 0 Å². The average molecular weight is 369 g/mol. The number of hydrogen-bond donors (Lipinski definition) is 2. The maximum atomic E-state index is 12.1. The summed E-state index contributed by atoms with van der Waals surface area (Å²) in [6.07, 6.45) is 6.09. The molecule has 0 spiro atoms. The Balaban J connectivity index is 1.85. The first-order valence-corrected chi connectivity index (χ1v) is 9.35. The van der Waals surface area contributed by atoms with Gasteiger partial charge in [0.05, 0.1) is 0 Å². The van der Waals surface area contributed by atoms with Crippen molar-refractivity contribution in [2.45, 2.75) is 46.1 Å². The van der Waals surface area contributed by atoms with E-state index in [2.05, 4.69) is 17.6 Å². The highest BCUT2D eigenvalue weighted by Gasteiger charge is 2.08. The number of carbonyl (C=O) groups excluding carboxylic acids is 2. The summed E-state index contributed by atoms with van der Waals surface area (Å²) in [5, 5.41) is 5.64. The molecule has 0 radical (unpaired) electrons. The van der Waals surface area contributed by atoms with Crippen LogP contribution in [-0.2, 0) is 11.3 Å². The number of benzene rings is 1. The minimum Gasteiger partial charge on any atom is -0.352 e. The van der Waals surface area contributed by atoms with Crippen molar-refractivity contribution in [2.24, 2.45) is 0 Å². The summed E-state index contributed by atoms with van der Waals surface area (Å²) in [5.41, 5.74) is 1.83. The molecule has 0 unspecified atom stereocenters. The first kappa shape index (κ1) is 20.4. The van der Waals surface area contributed by atoms with Gasteiger partial charge in [0.2, 0.25) is 5.91 Å². The summed E-state index contributed by atoms with van der Waals surface area (Å²) < 4.78 is 1.37. The zero-order valence-corrected chi connectivity index (χ0v) is 16.0. The Morgan fingerprint density at radius 2 is 1.74 bits per heavy atom. The third-order valence-electron chi connectivity index (χ3n) is 4.19. The molecule has 144 valence electrons. The van der Waals surface area contributed by atoms with E-state index in [-0.39, 0.29) is 23.9 Å². The van der Waals surface area contributed by atoms with E-state index < -0.39 is 0 Å². The van der Waals surface area contributed by atoms with Crippen molar-refractivity contribution < 1.29 is 9.59 Å². The fourth-order valence-corrected chi connectivity index (χ4v) is 2.69. The number of anilines is 1. The Kier molecular flexibility index (Phi) is 7.79. The van der Waals surface area contributed by atoms with Crippen molar-refractivity contribution in [3.05, 3.63) is 64.1 Å². The van der Waals surface area contributed by atoms with Crippen LogP contribution in [0, 0.1) is 6.92 Å². The van der Waals surface area contributed by atoms with Crippen LogP contribution in [0.15, 0.2) is 47.4 Å². The lowest BCUT2D eigenvalue weighted by Gasteiger charge is -2.09. The second-order valence-electron chi connectivity index (χ2n) is 6.61. The zero-order valence-electron chi connectivity index (χ0n) is 16.0. The van der Waals surface area contributed by atoms with Crippen molar-refractivity contribution in [3.8, 4) is 0 Å². The molecule has 2 aromatic rings. The van der Waals surface area contributed by atoms with Crippen molar-refractivity contribution >= 4 is 17.5 Å². The number of hydrogen-bond acceptors (Lipinski definition) is 3. The highest BCUT2D eigenvalue weighted by molar-refractivity contribution is 5.95. The summed E-state index contributed by atoms with van der Waals surface area (Å²) in [4.78, 5) is 36.0. The monoisotopic (exact) mass is 369 g/mol. The van der Waals surface area contributed by atoms with E-state index in [1.54, 1.807) is 36.5 Å². The molecule has 0 aliphatic rings. The molecule has 0 aliphatic carbocycles. The van der Waals surface area contributed by atoms with Gasteiger partial charge >= 0.3 is 0 Å². The van der Waals surface area contributed by atoms with Gasteiger partial charge in [0, 0.05) is 30.1 Å². The molecule has 0 saturated carbocycles. The maximum absolute atomic E-state index is 12.1. The minimum absolute atomic E-state index is 0.0550. The summed E-state index contributed by atoms with van der Waals surface area (Å²) in [6, 6.07) is 9.88. The van der Waals surface area contributed by atoms with Crippen LogP contribution in [-0.4, -0.2) is 22.9 Å². The summed E-state index contributed by atoms with van der Waals surface area (Å²) >= 11 is 0. The van der Waals surface area contributed by atoms with E-state index in [9.17, 15) is 14.4 Å². The number of rotatable bonds is 9. The lowest BCUT2D eigenvalue weighted by atomic mass is 10.1. The van der Waals surface area contributed by atoms with Gasteiger partial charge in [-0.2, -0.15) is 0 Å². The SMILES string of the molecule is CCCCCCNC(=O)c1ccc(NC(=O)Cn2cc(C)ccc2=O)cc1. The molecule has 2 rings (SSSR count). The van der Waals surface area contributed by atoms with Crippen LogP contribution in [0.1, 0.15) is 48.5 Å². The van der Waals surface area contributed by atoms with Gasteiger partial charge in [0.1, 0.15) is 6.54 Å². The number of nitrogens with zero attached hydrogens (tertiary/aromatic N) is 1. The quantitative estimate of drug-likeness (QED) is 0.667. The number of aryl methyl sites for hydroxylation is 1. The van der Waals surface area contributed by atoms with E-state index in [4.69, 9.17) is 0 Å². The third kappa shape index (κ3) is 6.73. The van der Waals surface area contributed by atoms with Crippen LogP contribution in [0.2, 0.25) is 0 Å². The molecule has 6 heteroatoms. The standard InChI is InChI=1S/C21H27N3O3/c1-3-4-5-6-13-22-21(27)17-8-10-18(11-9-17)23-19(25)15-24-14-16(2)7-12-20(24)26/h7-12,14H,3-6,13,15H2,1-2H3,(H,22,27)(H,23,25). The molecule has 0 saturated heterocycles. The highest BCUT2D eigenvalue weighted by atomic mass is 16.2. The molecule has 1 aromatic carbocycles. The fourth-order valence-electron chi connectivity index (χ4n) is 2.69. The molecular weight excluding hydrogens is 342 g/mol. The van der Waals surface area contributed by atoms with Gasteiger partial charge in [-0.15, -0.1) is 0 Å². The highest BCUT2D eigenvalue weighted by Crippen LogP contribution is 2.10. The van der Waals surface area contributed by atoms with Gasteiger partial charge in [0.25, 0.3) is 11.5 Å². The van der Waals surface area contributed by atoms with Crippen LogP contribution in [0.5, 0.6) is 0 Å². The Morgan fingerprint density at radius 1 is 1.00 bits per heavy atom. The number of aromatic nitrogens is 1. The molecule has 0 aliphatic heterocycles. The Hall–Kier alpha value is -2.89. The summed E-state index contributed by atoms with van der Waals surface area (Å²) in [7, 11) is 0. The van der Waals surface area contributed by atoms with E-state index in [0.29, 0.717) is 17.8 Å². The van der Waals surface area contributed by atoms with Gasteiger partial charge in [-0.05, 0) is 43.2 Å². The van der Waals surface area contributed by atoms with E-state index in [0.717, 1.165) is 18.4 Å². The Labute approximate surface area is 159 Å². The summed E-state index contributed by atoms with van der Waals surface area (Å²) in [6.45, 7) is 4.63. The van der Waals surface area contributed by atoms with Crippen LogP contribution >= 0.6 is 0 Å². The largest absolute Gasteiger partial charge is 0.352 e. The zero-order chi connectivity index (χ0) is 19.6. The molecule has 2 amide bonds. The van der Waals surface area contributed by atoms with E-state index in [1.807, 2.05) is 6.92 Å². The van der Waals surface area contributed by atoms with Gasteiger partial charge in [-0.3, -0.25) is 14.4 Å². The number of nitrogens with one attached hydrogen (secondary N) is 2. The Bertz CT molecular complexity index is 825. The molecule has 6 nitrogen and oxygen atoms in total. The van der Waals surface area contributed by atoms with Crippen molar-refractivity contribution in [2.75, 3.05) is 11.9 Å². The number of amides is 2. The van der Waals surface area contributed by atoms with Crippen LogP contribution in [0.4, 0.5) is 5.69 Å². The number of pyridine rings is 1. The first-order chi connectivity index (χ1) is 13.0. The van der Waals surface area contributed by atoms with Crippen LogP contribution in [0.25, 0.3) is 0 Å². The van der Waals surface area contributed by atoms with Crippen LogP contribution in [0.3, 0.4) is 0 Å².